The lowest BCUT2D eigenvalue weighted by molar-refractivity contribution is -0.164. The van der Waals surface area contributed by atoms with Crippen molar-refractivity contribution >= 4 is 5.97 Å². The lowest BCUT2D eigenvalue weighted by Gasteiger charge is -2.31. The standard InChI is InChI=1S/C20H34F2O2.C2H6/c1-2-3-4-15-5-7-16(8-6-15)9-10-17-11-13-18(14-12-17)24-20(23)19(21)22;1-2/h15-19H,2-14H2,1H3;1-2H3. The van der Waals surface area contributed by atoms with E-state index < -0.39 is 12.4 Å². The van der Waals surface area contributed by atoms with Gasteiger partial charge in [0.25, 0.3) is 0 Å². The third kappa shape index (κ3) is 8.81. The molecule has 2 aliphatic rings. The number of halogens is 2. The summed E-state index contributed by atoms with van der Waals surface area (Å²) >= 11 is 0. The van der Waals surface area contributed by atoms with Crippen LogP contribution >= 0.6 is 0 Å². The Kier molecular flexibility index (Phi) is 12.1. The number of hydrogen-bond donors (Lipinski definition) is 0. The number of carbonyl (C=O) groups is 1. The highest BCUT2D eigenvalue weighted by Gasteiger charge is 2.28. The van der Waals surface area contributed by atoms with Crippen LogP contribution in [-0.4, -0.2) is 18.5 Å². The molecule has 0 bridgehead atoms. The van der Waals surface area contributed by atoms with Gasteiger partial charge in [0.1, 0.15) is 6.10 Å². The number of esters is 1. The number of unbranched alkanes of at least 4 members (excludes halogenated alkanes) is 1. The van der Waals surface area contributed by atoms with Crippen LogP contribution in [0, 0.1) is 17.8 Å². The summed E-state index contributed by atoms with van der Waals surface area (Å²) in [5.41, 5.74) is 0. The predicted octanol–water partition coefficient (Wildman–Crippen LogP) is 7.16. The zero-order valence-corrected chi connectivity index (χ0v) is 17.2. The summed E-state index contributed by atoms with van der Waals surface area (Å²) in [5.74, 6) is 1.22. The number of hydrogen-bond acceptors (Lipinski definition) is 2. The maximum Gasteiger partial charge on any atom is 0.374 e. The van der Waals surface area contributed by atoms with Gasteiger partial charge in [0.15, 0.2) is 0 Å². The van der Waals surface area contributed by atoms with Crippen molar-refractivity contribution in [1.82, 2.24) is 0 Å². The first kappa shape index (κ1) is 23.4. The fraction of sp³-hybridized carbons (Fsp3) is 0.955. The molecule has 26 heavy (non-hydrogen) atoms. The van der Waals surface area contributed by atoms with E-state index in [0.29, 0.717) is 5.92 Å². The average molecular weight is 375 g/mol. The summed E-state index contributed by atoms with van der Waals surface area (Å²) in [5, 5.41) is 0. The van der Waals surface area contributed by atoms with Crippen molar-refractivity contribution in [1.29, 1.82) is 0 Å². The first-order valence-corrected chi connectivity index (χ1v) is 11.1. The van der Waals surface area contributed by atoms with Gasteiger partial charge in [-0.25, -0.2) is 4.79 Å². The molecule has 2 saturated carbocycles. The number of carbonyl (C=O) groups excluding carboxylic acids is 1. The number of ether oxygens (including phenoxy) is 1. The van der Waals surface area contributed by atoms with Crippen molar-refractivity contribution in [2.45, 2.75) is 117 Å². The molecule has 0 radical (unpaired) electrons. The van der Waals surface area contributed by atoms with Gasteiger partial charge in [-0.1, -0.05) is 78.6 Å². The van der Waals surface area contributed by atoms with E-state index in [1.165, 1.54) is 57.8 Å². The van der Waals surface area contributed by atoms with Crippen molar-refractivity contribution in [3.63, 3.8) is 0 Å². The molecule has 0 saturated heterocycles. The monoisotopic (exact) mass is 374 g/mol. The SMILES string of the molecule is CC.CCCCC1CCC(CCC2CCC(OC(=O)C(F)F)CC2)CC1. The molecule has 0 amide bonds. The van der Waals surface area contributed by atoms with Crippen molar-refractivity contribution in [3.8, 4) is 0 Å². The van der Waals surface area contributed by atoms with Gasteiger partial charge in [-0.3, -0.25) is 0 Å². The minimum atomic E-state index is -2.99. The third-order valence-corrected chi connectivity index (χ3v) is 6.17. The Bertz CT molecular complexity index is 357. The highest BCUT2D eigenvalue weighted by atomic mass is 19.3. The zero-order chi connectivity index (χ0) is 19.4. The summed E-state index contributed by atoms with van der Waals surface area (Å²) < 4.78 is 29.3. The molecule has 0 aliphatic heterocycles. The van der Waals surface area contributed by atoms with Gasteiger partial charge >= 0.3 is 12.4 Å². The third-order valence-electron chi connectivity index (χ3n) is 6.17. The molecule has 0 atom stereocenters. The van der Waals surface area contributed by atoms with Crippen LogP contribution in [0.25, 0.3) is 0 Å². The molecule has 0 N–H and O–H groups in total. The normalized spacial score (nSPS) is 29.0. The smallest absolute Gasteiger partial charge is 0.374 e. The Morgan fingerprint density at radius 3 is 1.69 bits per heavy atom. The van der Waals surface area contributed by atoms with Gasteiger partial charge in [-0.2, -0.15) is 8.78 Å². The van der Waals surface area contributed by atoms with E-state index in [4.69, 9.17) is 4.74 Å². The molecule has 0 aromatic carbocycles. The molecule has 0 unspecified atom stereocenters. The van der Waals surface area contributed by atoms with E-state index in [2.05, 4.69) is 6.92 Å². The van der Waals surface area contributed by atoms with Crippen LogP contribution in [0.4, 0.5) is 8.78 Å². The lowest BCUT2D eigenvalue weighted by atomic mass is 9.76. The van der Waals surface area contributed by atoms with E-state index in [9.17, 15) is 13.6 Å². The predicted molar refractivity (Wildman–Crippen MR) is 103 cm³/mol. The first-order valence-electron chi connectivity index (χ1n) is 11.1. The Morgan fingerprint density at radius 2 is 1.27 bits per heavy atom. The average Bonchev–Trinajstić information content (AvgIpc) is 2.68. The molecular formula is C22H40F2O2. The maximum atomic E-state index is 12.2. The van der Waals surface area contributed by atoms with Gasteiger partial charge in [0.2, 0.25) is 0 Å². The van der Waals surface area contributed by atoms with Gasteiger partial charge in [0.05, 0.1) is 0 Å². The molecule has 2 aliphatic carbocycles. The first-order chi connectivity index (χ1) is 12.6. The van der Waals surface area contributed by atoms with Crippen LogP contribution in [-0.2, 0) is 9.53 Å². The van der Waals surface area contributed by atoms with E-state index >= 15 is 0 Å². The number of alkyl halides is 2. The molecule has 2 rings (SSSR count). The lowest BCUT2D eigenvalue weighted by Crippen LogP contribution is -2.27. The molecular weight excluding hydrogens is 334 g/mol. The van der Waals surface area contributed by atoms with Crippen molar-refractivity contribution in [3.05, 3.63) is 0 Å². The summed E-state index contributed by atoms with van der Waals surface area (Å²) in [6.07, 6.45) is 12.6. The fourth-order valence-electron chi connectivity index (χ4n) is 4.53. The van der Waals surface area contributed by atoms with Crippen LogP contribution in [0.15, 0.2) is 0 Å². The highest BCUT2D eigenvalue weighted by Crippen LogP contribution is 2.37. The topological polar surface area (TPSA) is 26.3 Å². The molecule has 4 heteroatoms. The van der Waals surface area contributed by atoms with E-state index in [1.807, 2.05) is 13.8 Å². The molecule has 0 aromatic heterocycles. The Morgan fingerprint density at radius 1 is 0.846 bits per heavy atom. The molecule has 0 spiro atoms. The zero-order valence-electron chi connectivity index (χ0n) is 17.2. The van der Waals surface area contributed by atoms with Gasteiger partial charge in [-0.05, 0) is 43.4 Å². The summed E-state index contributed by atoms with van der Waals surface area (Å²) in [6.45, 7) is 6.27. The van der Waals surface area contributed by atoms with E-state index in [-0.39, 0.29) is 6.10 Å². The van der Waals surface area contributed by atoms with Crippen molar-refractivity contribution < 1.29 is 18.3 Å². The second-order valence-electron chi connectivity index (χ2n) is 7.99. The van der Waals surface area contributed by atoms with Crippen LogP contribution in [0.5, 0.6) is 0 Å². The second-order valence-corrected chi connectivity index (χ2v) is 7.99. The summed E-state index contributed by atoms with van der Waals surface area (Å²) in [6, 6.07) is 0. The molecule has 2 fully saturated rings. The quantitative estimate of drug-likeness (QED) is 0.421. The molecule has 154 valence electrons. The van der Waals surface area contributed by atoms with Crippen molar-refractivity contribution in [2.24, 2.45) is 17.8 Å². The molecule has 0 aromatic rings. The maximum absolute atomic E-state index is 12.2. The highest BCUT2D eigenvalue weighted by molar-refractivity contribution is 5.72. The van der Waals surface area contributed by atoms with Gasteiger partial charge in [-0.15, -0.1) is 0 Å². The van der Waals surface area contributed by atoms with E-state index in [0.717, 1.165) is 37.5 Å². The van der Waals surface area contributed by atoms with Crippen LogP contribution in [0.2, 0.25) is 0 Å². The Balaban J connectivity index is 0.00000163. The molecule has 0 heterocycles. The number of rotatable bonds is 8. The second kappa shape index (κ2) is 13.5. The fourth-order valence-corrected chi connectivity index (χ4v) is 4.53. The van der Waals surface area contributed by atoms with Crippen LogP contribution in [0.3, 0.4) is 0 Å². The van der Waals surface area contributed by atoms with Crippen molar-refractivity contribution in [2.75, 3.05) is 0 Å². The minimum Gasteiger partial charge on any atom is -0.458 e. The minimum absolute atomic E-state index is 0.281. The largest absolute Gasteiger partial charge is 0.458 e. The Hall–Kier alpha value is -0.670. The van der Waals surface area contributed by atoms with Gasteiger partial charge < -0.3 is 4.74 Å². The Labute approximate surface area is 159 Å². The van der Waals surface area contributed by atoms with E-state index in [1.54, 1.807) is 0 Å². The molecule has 2 nitrogen and oxygen atoms in total. The van der Waals surface area contributed by atoms with Gasteiger partial charge in [0, 0.05) is 0 Å². The summed E-state index contributed by atoms with van der Waals surface area (Å²) in [7, 11) is 0. The summed E-state index contributed by atoms with van der Waals surface area (Å²) in [4.78, 5) is 10.9. The van der Waals surface area contributed by atoms with Crippen LogP contribution < -0.4 is 0 Å². The van der Waals surface area contributed by atoms with Crippen LogP contribution in [0.1, 0.15) is 104 Å².